The van der Waals surface area contributed by atoms with Gasteiger partial charge in [-0.25, -0.2) is 4.39 Å². The molecular weight excluding hydrogens is 261 g/mol. The highest BCUT2D eigenvalue weighted by atomic mass is 79.9. The summed E-state index contributed by atoms with van der Waals surface area (Å²) in [6.07, 6.45) is 2.87. The van der Waals surface area contributed by atoms with Crippen LogP contribution in [0.1, 0.15) is 18.4 Å². The zero-order valence-corrected chi connectivity index (χ0v) is 10.1. The molecule has 1 saturated carbocycles. The van der Waals surface area contributed by atoms with E-state index in [-0.39, 0.29) is 17.1 Å². The molecule has 0 saturated heterocycles. The van der Waals surface area contributed by atoms with Crippen molar-refractivity contribution in [2.75, 3.05) is 7.11 Å². The van der Waals surface area contributed by atoms with E-state index in [0.29, 0.717) is 4.47 Å². The number of ether oxygens (including phenoxy) is 1. The predicted octanol–water partition coefficient (Wildman–Crippen LogP) is 2.63. The fraction of sp³-hybridized carbons (Fsp3) is 0.455. The molecule has 0 radical (unpaired) electrons. The van der Waals surface area contributed by atoms with Gasteiger partial charge >= 0.3 is 0 Å². The minimum Gasteiger partial charge on any atom is -0.494 e. The highest BCUT2D eigenvalue weighted by molar-refractivity contribution is 9.10. The van der Waals surface area contributed by atoms with Crippen LogP contribution < -0.4 is 10.5 Å². The first-order chi connectivity index (χ1) is 7.04. The van der Waals surface area contributed by atoms with Crippen molar-refractivity contribution in [3.05, 3.63) is 28.0 Å². The molecule has 2 N–H and O–H groups in total. The number of hydrogen-bond donors (Lipinski definition) is 1. The van der Waals surface area contributed by atoms with E-state index in [1.54, 1.807) is 12.1 Å². The third-order valence-corrected chi connectivity index (χ3v) is 3.30. The lowest BCUT2D eigenvalue weighted by atomic mass is 10.0. The summed E-state index contributed by atoms with van der Waals surface area (Å²) in [6, 6.07) is 3.48. The number of benzene rings is 1. The van der Waals surface area contributed by atoms with Crippen LogP contribution in [-0.2, 0) is 6.42 Å². The lowest BCUT2D eigenvalue weighted by molar-refractivity contribution is 0.384. The summed E-state index contributed by atoms with van der Waals surface area (Å²) < 4.78 is 18.8. The Morgan fingerprint density at radius 2 is 2.20 bits per heavy atom. The number of hydrogen-bond acceptors (Lipinski definition) is 2. The van der Waals surface area contributed by atoms with Crippen LogP contribution in [0.2, 0.25) is 0 Å². The standard InChI is InChI=1S/C11H13BrFNO/c1-15-9-5-7(4-8(12)10(9)13)6-11(14)2-3-11/h4-5H,2-3,6,14H2,1H3. The second-order valence-corrected chi connectivity index (χ2v) is 4.99. The van der Waals surface area contributed by atoms with Crippen LogP contribution in [0, 0.1) is 5.82 Å². The molecule has 1 aromatic rings. The Morgan fingerprint density at radius 1 is 1.53 bits per heavy atom. The Morgan fingerprint density at radius 3 is 2.73 bits per heavy atom. The van der Waals surface area contributed by atoms with Crippen molar-refractivity contribution >= 4 is 15.9 Å². The molecule has 0 bridgehead atoms. The monoisotopic (exact) mass is 273 g/mol. The zero-order chi connectivity index (χ0) is 11.1. The highest BCUT2D eigenvalue weighted by Gasteiger charge is 2.38. The Balaban J connectivity index is 2.28. The average molecular weight is 274 g/mol. The molecule has 0 spiro atoms. The molecule has 0 amide bonds. The van der Waals surface area contributed by atoms with Crippen molar-refractivity contribution in [3.63, 3.8) is 0 Å². The molecule has 1 fully saturated rings. The van der Waals surface area contributed by atoms with Crippen LogP contribution in [0.5, 0.6) is 5.75 Å². The van der Waals surface area contributed by atoms with Crippen LogP contribution in [0.25, 0.3) is 0 Å². The molecule has 82 valence electrons. The van der Waals surface area contributed by atoms with E-state index in [2.05, 4.69) is 15.9 Å². The van der Waals surface area contributed by atoms with Crippen LogP contribution >= 0.6 is 15.9 Å². The van der Waals surface area contributed by atoms with Crippen molar-refractivity contribution in [2.24, 2.45) is 5.73 Å². The fourth-order valence-electron chi connectivity index (χ4n) is 1.61. The van der Waals surface area contributed by atoms with E-state index in [1.807, 2.05) is 0 Å². The fourth-order valence-corrected chi connectivity index (χ4v) is 2.10. The van der Waals surface area contributed by atoms with E-state index in [1.165, 1.54) is 7.11 Å². The second kappa shape index (κ2) is 3.76. The minimum atomic E-state index is -0.358. The first-order valence-corrected chi connectivity index (χ1v) is 5.64. The van der Waals surface area contributed by atoms with Gasteiger partial charge in [0.1, 0.15) is 0 Å². The predicted molar refractivity (Wildman–Crippen MR) is 60.5 cm³/mol. The van der Waals surface area contributed by atoms with Gasteiger partial charge in [-0.05, 0) is 52.9 Å². The summed E-state index contributed by atoms with van der Waals surface area (Å²) in [5.41, 5.74) is 6.96. The number of rotatable bonds is 3. The molecule has 0 aromatic heterocycles. The van der Waals surface area contributed by atoms with Crippen LogP contribution in [-0.4, -0.2) is 12.6 Å². The van der Waals surface area contributed by atoms with Gasteiger partial charge in [0.25, 0.3) is 0 Å². The molecule has 1 aliphatic carbocycles. The normalized spacial score (nSPS) is 17.6. The van der Waals surface area contributed by atoms with Crippen LogP contribution in [0.3, 0.4) is 0 Å². The molecule has 15 heavy (non-hydrogen) atoms. The summed E-state index contributed by atoms with van der Waals surface area (Å²) in [4.78, 5) is 0. The van der Waals surface area contributed by atoms with Gasteiger partial charge in [0, 0.05) is 5.54 Å². The Hall–Kier alpha value is -0.610. The van der Waals surface area contributed by atoms with Gasteiger partial charge in [0.05, 0.1) is 11.6 Å². The highest BCUT2D eigenvalue weighted by Crippen LogP contribution is 2.37. The van der Waals surface area contributed by atoms with Crippen molar-refractivity contribution in [1.82, 2.24) is 0 Å². The van der Waals surface area contributed by atoms with E-state index in [9.17, 15) is 4.39 Å². The van der Waals surface area contributed by atoms with Crippen molar-refractivity contribution in [3.8, 4) is 5.75 Å². The van der Waals surface area contributed by atoms with Gasteiger partial charge in [-0.2, -0.15) is 0 Å². The molecule has 1 aromatic carbocycles. The van der Waals surface area contributed by atoms with Crippen molar-refractivity contribution in [2.45, 2.75) is 24.8 Å². The molecule has 1 aliphatic rings. The number of nitrogens with two attached hydrogens (primary N) is 1. The van der Waals surface area contributed by atoms with Gasteiger partial charge in [0.15, 0.2) is 11.6 Å². The van der Waals surface area contributed by atoms with Gasteiger partial charge in [-0.1, -0.05) is 0 Å². The Kier molecular flexibility index (Phi) is 2.73. The largest absolute Gasteiger partial charge is 0.494 e. The summed E-state index contributed by atoms with van der Waals surface area (Å²) in [6.45, 7) is 0. The summed E-state index contributed by atoms with van der Waals surface area (Å²) in [7, 11) is 1.46. The van der Waals surface area contributed by atoms with Gasteiger partial charge < -0.3 is 10.5 Å². The van der Waals surface area contributed by atoms with E-state index in [4.69, 9.17) is 10.5 Å². The first-order valence-electron chi connectivity index (χ1n) is 4.85. The summed E-state index contributed by atoms with van der Waals surface area (Å²) in [5, 5.41) is 0. The van der Waals surface area contributed by atoms with Gasteiger partial charge in [-0.15, -0.1) is 0 Å². The van der Waals surface area contributed by atoms with Crippen molar-refractivity contribution in [1.29, 1.82) is 0 Å². The lowest BCUT2D eigenvalue weighted by Gasteiger charge is -2.11. The molecule has 4 heteroatoms. The van der Waals surface area contributed by atoms with Crippen molar-refractivity contribution < 1.29 is 9.13 Å². The molecule has 0 unspecified atom stereocenters. The van der Waals surface area contributed by atoms with E-state index >= 15 is 0 Å². The second-order valence-electron chi connectivity index (χ2n) is 4.13. The zero-order valence-electron chi connectivity index (χ0n) is 8.52. The maximum absolute atomic E-state index is 13.4. The third kappa shape index (κ3) is 2.32. The molecular formula is C11H13BrFNO. The Bertz CT molecular complexity index is 390. The van der Waals surface area contributed by atoms with E-state index in [0.717, 1.165) is 24.8 Å². The SMILES string of the molecule is COc1cc(CC2(N)CC2)cc(Br)c1F. The van der Waals surface area contributed by atoms with Gasteiger partial charge in [0.2, 0.25) is 0 Å². The lowest BCUT2D eigenvalue weighted by Crippen LogP contribution is -2.24. The number of methoxy groups -OCH3 is 1. The quantitative estimate of drug-likeness (QED) is 0.919. The molecule has 2 nitrogen and oxygen atoms in total. The maximum Gasteiger partial charge on any atom is 0.179 e. The third-order valence-electron chi connectivity index (χ3n) is 2.72. The average Bonchev–Trinajstić information content (AvgIpc) is 2.89. The molecule has 0 aliphatic heterocycles. The Labute approximate surface area is 96.7 Å². The van der Waals surface area contributed by atoms with Gasteiger partial charge in [-0.3, -0.25) is 0 Å². The molecule has 0 atom stereocenters. The topological polar surface area (TPSA) is 35.2 Å². The summed E-state index contributed by atoms with van der Waals surface area (Å²) in [5.74, 6) is -0.0910. The summed E-state index contributed by atoms with van der Waals surface area (Å²) >= 11 is 3.17. The van der Waals surface area contributed by atoms with Crippen LogP contribution in [0.4, 0.5) is 4.39 Å². The smallest absolute Gasteiger partial charge is 0.179 e. The van der Waals surface area contributed by atoms with Crippen LogP contribution in [0.15, 0.2) is 16.6 Å². The minimum absolute atomic E-state index is 0.0672. The first kappa shape index (κ1) is 10.9. The van der Waals surface area contributed by atoms with E-state index < -0.39 is 0 Å². The number of halogens is 2. The molecule has 2 rings (SSSR count). The molecule has 0 heterocycles. The maximum atomic E-state index is 13.4.